The Labute approximate surface area is 109 Å². The lowest BCUT2D eigenvalue weighted by molar-refractivity contribution is -0.128. The fourth-order valence-electron chi connectivity index (χ4n) is 1.23. The van der Waals surface area contributed by atoms with E-state index in [0.29, 0.717) is 0 Å². The minimum Gasteiger partial charge on any atom is -0.726 e. The quantitative estimate of drug-likeness (QED) is 0.199. The Morgan fingerprint density at radius 1 is 1.47 bits per heavy atom. The Balaban J connectivity index is 5.11. The van der Waals surface area contributed by atoms with Gasteiger partial charge in [0.25, 0.3) is 0 Å². The van der Waals surface area contributed by atoms with Gasteiger partial charge in [0.1, 0.15) is 30.6 Å². The molecule has 0 heterocycles. The highest BCUT2D eigenvalue weighted by atomic mass is 32.3. The van der Waals surface area contributed by atoms with Gasteiger partial charge in [0.05, 0.1) is 6.61 Å². The number of carbonyl (C=O) groups excluding carboxylic acids is 2. The monoisotopic (exact) mass is 300 g/mol. The number of hydrogen-bond acceptors (Lipinski definition) is 9. The smallest absolute Gasteiger partial charge is 0.218 e. The Morgan fingerprint density at radius 3 is 2.32 bits per heavy atom. The molecule has 4 N–H and O–H groups in total. The zero-order valence-electron chi connectivity index (χ0n) is 9.79. The molecule has 0 saturated carbocycles. The largest absolute Gasteiger partial charge is 0.726 e. The van der Waals surface area contributed by atoms with Crippen LogP contribution < -0.4 is 5.32 Å². The van der Waals surface area contributed by atoms with Crippen LogP contribution in [-0.4, -0.2) is 71.4 Å². The van der Waals surface area contributed by atoms with E-state index in [4.69, 9.17) is 5.11 Å². The highest BCUT2D eigenvalue weighted by Crippen LogP contribution is 2.11. The molecule has 4 unspecified atom stereocenters. The van der Waals surface area contributed by atoms with Gasteiger partial charge in [0.15, 0.2) is 0 Å². The number of aliphatic hydroxyl groups excluding tert-OH is 3. The minimum atomic E-state index is -5.30. The SMILES string of the molecule is CC(=O)NC(C=O)C(O)C(OS(=O)(=O)[O-])C(O)CO. The highest BCUT2D eigenvalue weighted by Gasteiger charge is 2.35. The molecule has 0 aliphatic heterocycles. The summed E-state index contributed by atoms with van der Waals surface area (Å²) in [5.41, 5.74) is 0. The number of amides is 1. The molecule has 0 spiro atoms. The number of rotatable bonds is 8. The fraction of sp³-hybridized carbons (Fsp3) is 0.750. The Morgan fingerprint density at radius 2 is 2.00 bits per heavy atom. The first-order chi connectivity index (χ1) is 8.62. The van der Waals surface area contributed by atoms with Crippen molar-refractivity contribution >= 4 is 22.6 Å². The first kappa shape index (κ1) is 17.9. The fourth-order valence-corrected chi connectivity index (χ4v) is 1.74. The van der Waals surface area contributed by atoms with Gasteiger partial charge in [-0.15, -0.1) is 0 Å². The van der Waals surface area contributed by atoms with E-state index in [1.807, 2.05) is 5.32 Å². The maximum absolute atomic E-state index is 10.8. The molecule has 11 heteroatoms. The number of hydrogen-bond donors (Lipinski definition) is 4. The molecule has 0 aliphatic rings. The summed E-state index contributed by atoms with van der Waals surface area (Å²) in [5, 5.41) is 29.5. The molecule has 0 fully saturated rings. The van der Waals surface area contributed by atoms with Gasteiger partial charge >= 0.3 is 0 Å². The van der Waals surface area contributed by atoms with Crippen LogP contribution in [0.2, 0.25) is 0 Å². The second-order valence-corrected chi connectivity index (χ2v) is 4.58. The van der Waals surface area contributed by atoms with Crippen LogP contribution in [0.25, 0.3) is 0 Å². The van der Waals surface area contributed by atoms with E-state index in [2.05, 4.69) is 4.18 Å². The molecule has 10 nitrogen and oxygen atoms in total. The zero-order valence-corrected chi connectivity index (χ0v) is 10.6. The number of aliphatic hydroxyl groups is 3. The third kappa shape index (κ3) is 6.56. The van der Waals surface area contributed by atoms with Crippen molar-refractivity contribution < 1.29 is 42.1 Å². The van der Waals surface area contributed by atoms with Crippen molar-refractivity contribution in [2.45, 2.75) is 31.3 Å². The molecule has 0 aromatic heterocycles. The second kappa shape index (κ2) is 7.47. The Bertz CT molecular complexity index is 408. The number of aldehydes is 1. The van der Waals surface area contributed by atoms with Crippen LogP contribution in [0.5, 0.6) is 0 Å². The maximum atomic E-state index is 10.8. The van der Waals surface area contributed by atoms with E-state index in [1.54, 1.807) is 0 Å². The summed E-state index contributed by atoms with van der Waals surface area (Å²) in [4.78, 5) is 21.4. The molecule has 0 bridgehead atoms. The lowest BCUT2D eigenvalue weighted by atomic mass is 10.0. The third-order valence-electron chi connectivity index (χ3n) is 2.02. The van der Waals surface area contributed by atoms with E-state index < -0.39 is 47.3 Å². The van der Waals surface area contributed by atoms with Gasteiger partial charge in [0.2, 0.25) is 16.3 Å². The van der Waals surface area contributed by atoms with Gasteiger partial charge in [-0.05, 0) is 0 Å². The van der Waals surface area contributed by atoms with Crippen molar-refractivity contribution in [3.05, 3.63) is 0 Å². The van der Waals surface area contributed by atoms with Crippen molar-refractivity contribution in [1.82, 2.24) is 5.32 Å². The van der Waals surface area contributed by atoms with Gasteiger partial charge in [-0.3, -0.25) is 8.98 Å². The molecule has 0 rings (SSSR count). The van der Waals surface area contributed by atoms with Crippen LogP contribution in [0.4, 0.5) is 0 Å². The van der Waals surface area contributed by atoms with Crippen LogP contribution in [0.15, 0.2) is 0 Å². The van der Waals surface area contributed by atoms with Gasteiger partial charge < -0.3 is 30.0 Å². The van der Waals surface area contributed by atoms with Crippen LogP contribution in [0.1, 0.15) is 6.92 Å². The number of nitrogens with one attached hydrogen (secondary N) is 1. The van der Waals surface area contributed by atoms with Crippen LogP contribution >= 0.6 is 0 Å². The van der Waals surface area contributed by atoms with E-state index >= 15 is 0 Å². The van der Waals surface area contributed by atoms with Crippen molar-refractivity contribution in [2.75, 3.05) is 6.61 Å². The highest BCUT2D eigenvalue weighted by molar-refractivity contribution is 7.80. The number of carbonyl (C=O) groups is 2. The molecule has 4 atom stereocenters. The summed E-state index contributed by atoms with van der Waals surface area (Å²) < 4.78 is 35.2. The third-order valence-corrected chi connectivity index (χ3v) is 2.47. The molecule has 0 aromatic rings. The Hall–Kier alpha value is -1.11. The second-order valence-electron chi connectivity index (χ2n) is 3.57. The first-order valence-corrected chi connectivity index (χ1v) is 6.29. The molecule has 0 aliphatic carbocycles. The molecule has 112 valence electrons. The molecular weight excluding hydrogens is 286 g/mol. The van der Waals surface area contributed by atoms with Gasteiger partial charge in [-0.1, -0.05) is 0 Å². The minimum absolute atomic E-state index is 0.0595. The zero-order chi connectivity index (χ0) is 15.2. The Kier molecular flexibility index (Phi) is 7.04. The lowest BCUT2D eigenvalue weighted by Crippen LogP contribution is -2.54. The van der Waals surface area contributed by atoms with E-state index in [-0.39, 0.29) is 6.29 Å². The summed E-state index contributed by atoms with van der Waals surface area (Å²) in [6, 6.07) is -1.62. The van der Waals surface area contributed by atoms with Crippen molar-refractivity contribution in [1.29, 1.82) is 0 Å². The predicted octanol–water partition coefficient (Wildman–Crippen LogP) is -3.75. The normalized spacial score (nSPS) is 18.2. The summed E-state index contributed by atoms with van der Waals surface area (Å²) in [5.74, 6) is -0.724. The standard InChI is InChI=1S/C8H15NO9S/c1-4(12)9-5(2-10)7(14)8(6(13)3-11)18-19(15,16)17/h2,5-8,11,13-14H,3H2,1H3,(H,9,12)(H,15,16,17)/p-1. The van der Waals surface area contributed by atoms with Gasteiger partial charge in [-0.25, -0.2) is 8.42 Å². The lowest BCUT2D eigenvalue weighted by Gasteiger charge is -2.30. The molecule has 0 saturated heterocycles. The summed E-state index contributed by atoms with van der Waals surface area (Å²) >= 11 is 0. The molecule has 0 aromatic carbocycles. The first-order valence-electron chi connectivity index (χ1n) is 4.96. The molecular formula is C8H14NO9S-. The average molecular weight is 300 g/mol. The van der Waals surface area contributed by atoms with Crippen LogP contribution in [0.3, 0.4) is 0 Å². The maximum Gasteiger partial charge on any atom is 0.218 e. The van der Waals surface area contributed by atoms with E-state index in [0.717, 1.165) is 6.92 Å². The molecule has 0 radical (unpaired) electrons. The summed E-state index contributed by atoms with van der Waals surface area (Å²) in [6.07, 6.45) is -6.04. The molecule has 1 amide bonds. The molecule has 19 heavy (non-hydrogen) atoms. The summed E-state index contributed by atoms with van der Waals surface area (Å²) in [6.45, 7) is -0.0191. The predicted molar refractivity (Wildman–Crippen MR) is 57.3 cm³/mol. The average Bonchev–Trinajstić information content (AvgIpc) is 2.29. The topological polar surface area (TPSA) is 173 Å². The van der Waals surface area contributed by atoms with Gasteiger partial charge in [0, 0.05) is 6.92 Å². The van der Waals surface area contributed by atoms with Crippen molar-refractivity contribution in [3.8, 4) is 0 Å². The van der Waals surface area contributed by atoms with Crippen LogP contribution in [-0.2, 0) is 24.2 Å². The van der Waals surface area contributed by atoms with Crippen molar-refractivity contribution in [2.24, 2.45) is 0 Å². The van der Waals surface area contributed by atoms with E-state index in [9.17, 15) is 32.8 Å². The summed E-state index contributed by atoms with van der Waals surface area (Å²) in [7, 11) is -5.30. The van der Waals surface area contributed by atoms with Crippen LogP contribution in [0, 0.1) is 0 Å². The van der Waals surface area contributed by atoms with Gasteiger partial charge in [-0.2, -0.15) is 0 Å². The van der Waals surface area contributed by atoms with E-state index in [1.165, 1.54) is 0 Å². The van der Waals surface area contributed by atoms with Crippen molar-refractivity contribution in [3.63, 3.8) is 0 Å².